The van der Waals surface area contributed by atoms with Crippen molar-refractivity contribution in [2.24, 2.45) is 0 Å². The van der Waals surface area contributed by atoms with Crippen LogP contribution in [-0.4, -0.2) is 27.7 Å². The number of benzene rings is 1. The van der Waals surface area contributed by atoms with Crippen LogP contribution in [0.1, 0.15) is 33.4 Å². The van der Waals surface area contributed by atoms with Gasteiger partial charge in [0.2, 0.25) is 0 Å². The van der Waals surface area contributed by atoms with Crippen molar-refractivity contribution in [1.82, 2.24) is 9.38 Å². The van der Waals surface area contributed by atoms with Crippen LogP contribution < -0.4 is 0 Å². The second-order valence-electron chi connectivity index (χ2n) is 7.53. The molecule has 1 aliphatic rings. The van der Waals surface area contributed by atoms with E-state index in [-0.39, 0.29) is 0 Å². The molecule has 4 nitrogen and oxygen atoms in total. The number of imidazole rings is 1. The van der Waals surface area contributed by atoms with Crippen LogP contribution in [0.4, 0.5) is 4.39 Å². The predicted molar refractivity (Wildman–Crippen MR) is 109 cm³/mol. The highest BCUT2D eigenvalue weighted by Crippen LogP contribution is 2.39. The fraction of sp³-hybridized carbons (Fsp3) is 0.316. The summed E-state index contributed by atoms with van der Waals surface area (Å²) in [6, 6.07) is 7.34. The summed E-state index contributed by atoms with van der Waals surface area (Å²) in [4.78, 5) is 5.44. The zero-order chi connectivity index (χ0) is 19.4. The summed E-state index contributed by atoms with van der Waals surface area (Å²) >= 11 is 7.48. The van der Waals surface area contributed by atoms with Crippen molar-refractivity contribution in [2.45, 2.75) is 38.9 Å². The Kier molecular flexibility index (Phi) is 4.46. The van der Waals surface area contributed by atoms with E-state index in [2.05, 4.69) is 4.98 Å². The Morgan fingerprint density at radius 3 is 2.44 bits per heavy atom. The molecule has 2 aromatic heterocycles. The van der Waals surface area contributed by atoms with E-state index in [0.717, 1.165) is 10.5 Å². The smallest absolute Gasteiger partial charge is 0.398 e. The molecule has 1 aromatic carbocycles. The largest absolute Gasteiger partial charge is 0.525 e. The lowest BCUT2D eigenvalue weighted by Crippen LogP contribution is -2.41. The first-order chi connectivity index (χ1) is 12.7. The van der Waals surface area contributed by atoms with Crippen LogP contribution in [0, 0.1) is 0 Å². The first-order valence-corrected chi connectivity index (χ1v) is 9.88. The predicted octanol–water partition coefficient (Wildman–Crippen LogP) is 5.66. The van der Waals surface area contributed by atoms with Crippen molar-refractivity contribution >= 4 is 41.1 Å². The second kappa shape index (κ2) is 6.45. The molecule has 0 spiro atoms. The number of hydrogen-bond acceptors (Lipinski definition) is 4. The van der Waals surface area contributed by atoms with Crippen molar-refractivity contribution in [3.8, 4) is 11.3 Å². The Hall–Kier alpha value is -1.67. The molecule has 0 aliphatic carbocycles. The van der Waals surface area contributed by atoms with Crippen molar-refractivity contribution in [3.63, 3.8) is 0 Å². The highest BCUT2D eigenvalue weighted by molar-refractivity contribution is 7.15. The molecule has 0 N–H and O–H groups in total. The molecule has 0 bridgehead atoms. The normalized spacial score (nSPS) is 19.2. The molecule has 1 aliphatic heterocycles. The first-order valence-electron chi connectivity index (χ1n) is 8.62. The minimum Gasteiger partial charge on any atom is -0.398 e. The molecule has 27 heavy (non-hydrogen) atoms. The number of fused-ring (bicyclic) bond motifs is 1. The van der Waals surface area contributed by atoms with E-state index in [4.69, 9.17) is 20.9 Å². The summed E-state index contributed by atoms with van der Waals surface area (Å²) in [5, 5.41) is 2.55. The van der Waals surface area contributed by atoms with E-state index in [0.29, 0.717) is 16.4 Å². The molecule has 0 atom stereocenters. The molecule has 0 saturated carbocycles. The van der Waals surface area contributed by atoms with Crippen molar-refractivity contribution in [3.05, 3.63) is 52.3 Å². The lowest BCUT2D eigenvalue weighted by Gasteiger charge is -2.32. The van der Waals surface area contributed by atoms with Gasteiger partial charge in [-0.1, -0.05) is 23.7 Å². The Labute approximate surface area is 166 Å². The molecular formula is C19H19BClFN2O2S. The van der Waals surface area contributed by atoms with Gasteiger partial charge in [-0.25, -0.2) is 9.37 Å². The lowest BCUT2D eigenvalue weighted by atomic mass is 9.87. The molecule has 1 fully saturated rings. The number of halogens is 2. The second-order valence-corrected chi connectivity index (χ2v) is 8.84. The average molecular weight is 405 g/mol. The van der Waals surface area contributed by atoms with E-state index in [1.54, 1.807) is 12.1 Å². The molecule has 3 heterocycles. The maximum Gasteiger partial charge on any atom is 0.525 e. The van der Waals surface area contributed by atoms with E-state index in [1.165, 1.54) is 17.4 Å². The fourth-order valence-corrected chi connectivity index (χ4v) is 3.76. The third kappa shape index (κ3) is 3.23. The molecule has 0 amide bonds. The standard InChI is InChI=1S/C19H19BClFN2O2S/c1-18(2)19(3,4)26-20(25-18)15(22)11-14-16(12-5-7-13(21)8-6-12)23-17-24(14)9-10-27-17/h5-11H,1-4H3. The van der Waals surface area contributed by atoms with Crippen LogP contribution in [0.5, 0.6) is 0 Å². The molecular weight excluding hydrogens is 386 g/mol. The summed E-state index contributed by atoms with van der Waals surface area (Å²) in [5.74, 6) is 0. The average Bonchev–Trinajstić information content (AvgIpc) is 3.22. The van der Waals surface area contributed by atoms with Crippen LogP contribution in [0.15, 0.2) is 41.6 Å². The Balaban J connectivity index is 1.77. The van der Waals surface area contributed by atoms with Gasteiger partial charge in [-0.2, -0.15) is 0 Å². The lowest BCUT2D eigenvalue weighted by molar-refractivity contribution is 0.00578. The van der Waals surface area contributed by atoms with Gasteiger partial charge in [-0.15, -0.1) is 11.3 Å². The monoisotopic (exact) mass is 404 g/mol. The highest BCUT2D eigenvalue weighted by atomic mass is 35.5. The third-order valence-electron chi connectivity index (χ3n) is 5.17. The van der Waals surface area contributed by atoms with Gasteiger partial charge in [-0.3, -0.25) is 4.40 Å². The van der Waals surface area contributed by atoms with Crippen molar-refractivity contribution in [1.29, 1.82) is 0 Å². The Morgan fingerprint density at radius 1 is 1.19 bits per heavy atom. The number of thiazole rings is 1. The quantitative estimate of drug-likeness (QED) is 0.529. The molecule has 0 radical (unpaired) electrons. The van der Waals surface area contributed by atoms with E-state index in [1.807, 2.05) is 55.8 Å². The fourth-order valence-electron chi connectivity index (χ4n) is 2.92. The Morgan fingerprint density at radius 2 is 1.81 bits per heavy atom. The van der Waals surface area contributed by atoms with Crippen LogP contribution in [0.3, 0.4) is 0 Å². The molecule has 3 aromatic rings. The molecule has 4 rings (SSSR count). The zero-order valence-electron chi connectivity index (χ0n) is 15.5. The topological polar surface area (TPSA) is 35.8 Å². The number of hydrogen-bond donors (Lipinski definition) is 0. The van der Waals surface area contributed by atoms with Gasteiger partial charge >= 0.3 is 7.12 Å². The van der Waals surface area contributed by atoms with Crippen LogP contribution in [0.25, 0.3) is 22.3 Å². The third-order valence-corrected chi connectivity index (χ3v) is 6.18. The van der Waals surface area contributed by atoms with Gasteiger partial charge < -0.3 is 9.31 Å². The summed E-state index contributed by atoms with van der Waals surface area (Å²) in [6.45, 7) is 7.59. The first kappa shape index (κ1) is 18.7. The molecule has 140 valence electrons. The van der Waals surface area contributed by atoms with E-state index in [9.17, 15) is 0 Å². The zero-order valence-corrected chi connectivity index (χ0v) is 17.1. The molecule has 0 unspecified atom stereocenters. The summed E-state index contributed by atoms with van der Waals surface area (Å²) in [5.41, 5.74) is 0.500. The number of rotatable bonds is 3. The van der Waals surface area contributed by atoms with Crippen molar-refractivity contribution in [2.75, 3.05) is 0 Å². The van der Waals surface area contributed by atoms with Crippen LogP contribution in [0.2, 0.25) is 5.02 Å². The summed E-state index contributed by atoms with van der Waals surface area (Å²) in [6.07, 6.45) is 3.31. The van der Waals surface area contributed by atoms with Crippen LogP contribution in [-0.2, 0) is 9.31 Å². The van der Waals surface area contributed by atoms with Gasteiger partial charge in [-0.05, 0) is 45.9 Å². The van der Waals surface area contributed by atoms with Crippen molar-refractivity contribution < 1.29 is 13.7 Å². The van der Waals surface area contributed by atoms with Gasteiger partial charge in [0.1, 0.15) is 5.73 Å². The minimum atomic E-state index is -1.04. The summed E-state index contributed by atoms with van der Waals surface area (Å²) in [7, 11) is -1.04. The maximum absolute atomic E-state index is 15.1. The van der Waals surface area contributed by atoms with Gasteiger partial charge in [0.25, 0.3) is 0 Å². The molecule has 8 heteroatoms. The van der Waals surface area contributed by atoms with E-state index >= 15 is 4.39 Å². The number of aromatic nitrogens is 2. The summed E-state index contributed by atoms with van der Waals surface area (Å²) < 4.78 is 28.6. The Bertz CT molecular complexity index is 1010. The van der Waals surface area contributed by atoms with Gasteiger partial charge in [0.05, 0.1) is 22.6 Å². The molecule has 1 saturated heterocycles. The van der Waals surface area contributed by atoms with Gasteiger partial charge in [0, 0.05) is 22.2 Å². The van der Waals surface area contributed by atoms with Crippen LogP contribution >= 0.6 is 22.9 Å². The minimum absolute atomic E-state index is 0.489. The highest BCUT2D eigenvalue weighted by Gasteiger charge is 2.53. The maximum atomic E-state index is 15.1. The SMILES string of the molecule is CC1(C)OB(C(F)=Cc2c(-c3ccc(Cl)cc3)nc3sccn23)OC1(C)C. The van der Waals surface area contributed by atoms with E-state index < -0.39 is 24.0 Å². The van der Waals surface area contributed by atoms with Gasteiger partial charge in [0.15, 0.2) is 4.96 Å². The number of nitrogens with zero attached hydrogens (tertiary/aromatic N) is 2.